The molecule has 1 aliphatic rings. The third kappa shape index (κ3) is 3.07. The Kier molecular flexibility index (Phi) is 3.97. The van der Waals surface area contributed by atoms with Crippen molar-refractivity contribution < 1.29 is 10.0 Å². The maximum absolute atomic E-state index is 10.7. The van der Waals surface area contributed by atoms with E-state index in [0.717, 1.165) is 31.2 Å². The molecule has 1 fully saturated rings. The summed E-state index contributed by atoms with van der Waals surface area (Å²) in [6, 6.07) is 6.74. The average molecular weight is 249 g/mol. The molecule has 4 heteroatoms. The Morgan fingerprint density at radius 2 is 2.22 bits per heavy atom. The smallest absolute Gasteiger partial charge is 0.269 e. The number of non-ortho nitro benzene ring substituents is 1. The van der Waals surface area contributed by atoms with Crippen LogP contribution in [0.4, 0.5) is 5.69 Å². The summed E-state index contributed by atoms with van der Waals surface area (Å²) in [6.07, 6.45) is 3.39. The van der Waals surface area contributed by atoms with E-state index in [9.17, 15) is 15.2 Å². The van der Waals surface area contributed by atoms with Crippen molar-refractivity contribution in [3.63, 3.8) is 0 Å². The van der Waals surface area contributed by atoms with Gasteiger partial charge in [-0.3, -0.25) is 10.1 Å². The van der Waals surface area contributed by atoms with Gasteiger partial charge in [0, 0.05) is 12.1 Å². The molecule has 18 heavy (non-hydrogen) atoms. The van der Waals surface area contributed by atoms with Crippen molar-refractivity contribution in [1.82, 2.24) is 0 Å². The van der Waals surface area contributed by atoms with Gasteiger partial charge in [0.05, 0.1) is 11.0 Å². The van der Waals surface area contributed by atoms with Crippen molar-refractivity contribution in [2.75, 3.05) is 0 Å². The molecule has 0 amide bonds. The molecule has 0 aliphatic heterocycles. The summed E-state index contributed by atoms with van der Waals surface area (Å²) in [5.41, 5.74) is 1.08. The van der Waals surface area contributed by atoms with E-state index in [0.29, 0.717) is 5.92 Å². The summed E-state index contributed by atoms with van der Waals surface area (Å²) in [5.74, 6) is 0.868. The van der Waals surface area contributed by atoms with Gasteiger partial charge in [0.2, 0.25) is 0 Å². The van der Waals surface area contributed by atoms with Crippen LogP contribution in [-0.2, 0) is 6.42 Å². The van der Waals surface area contributed by atoms with E-state index in [1.54, 1.807) is 12.1 Å². The fraction of sp³-hybridized carbons (Fsp3) is 0.571. The molecule has 0 radical (unpaired) electrons. The highest BCUT2D eigenvalue weighted by molar-refractivity contribution is 5.34. The van der Waals surface area contributed by atoms with Gasteiger partial charge in [-0.15, -0.1) is 0 Å². The van der Waals surface area contributed by atoms with Gasteiger partial charge in [-0.05, 0) is 43.1 Å². The topological polar surface area (TPSA) is 63.4 Å². The number of aliphatic hydroxyl groups excluding tert-OH is 1. The first-order chi connectivity index (χ1) is 8.56. The van der Waals surface area contributed by atoms with E-state index in [-0.39, 0.29) is 22.6 Å². The lowest BCUT2D eigenvalue weighted by molar-refractivity contribution is -0.384. The fourth-order valence-electron chi connectivity index (χ4n) is 2.80. The predicted molar refractivity (Wildman–Crippen MR) is 69.3 cm³/mol. The molecule has 3 unspecified atom stereocenters. The van der Waals surface area contributed by atoms with Crippen molar-refractivity contribution in [2.45, 2.75) is 38.7 Å². The highest BCUT2D eigenvalue weighted by Gasteiger charge is 2.27. The quantitative estimate of drug-likeness (QED) is 0.661. The minimum absolute atomic E-state index is 0.130. The molecule has 1 saturated carbocycles. The number of hydrogen-bond donors (Lipinski definition) is 1. The molecule has 0 heterocycles. The van der Waals surface area contributed by atoms with Crippen LogP contribution in [0.25, 0.3) is 0 Å². The van der Waals surface area contributed by atoms with Gasteiger partial charge in [0.15, 0.2) is 0 Å². The maximum atomic E-state index is 10.7. The molecular formula is C14H19NO3. The number of nitrogens with zero attached hydrogens (tertiary/aromatic N) is 1. The van der Waals surface area contributed by atoms with Crippen molar-refractivity contribution in [2.24, 2.45) is 11.8 Å². The molecule has 1 aromatic rings. The lowest BCUT2D eigenvalue weighted by Crippen LogP contribution is -2.29. The van der Waals surface area contributed by atoms with Crippen LogP contribution in [0.5, 0.6) is 0 Å². The Bertz CT molecular complexity index is 433. The number of benzene rings is 1. The SMILES string of the molecule is CC1CCC(O)C(Cc2cccc([N+](=O)[O-])c2)C1. The van der Waals surface area contributed by atoms with E-state index < -0.39 is 0 Å². The zero-order valence-electron chi connectivity index (χ0n) is 10.6. The van der Waals surface area contributed by atoms with Gasteiger partial charge < -0.3 is 5.11 Å². The monoisotopic (exact) mass is 249 g/mol. The van der Waals surface area contributed by atoms with Crippen LogP contribution in [0.2, 0.25) is 0 Å². The third-order valence-corrected chi connectivity index (χ3v) is 3.82. The standard InChI is InChI=1S/C14H19NO3/c1-10-5-6-14(16)12(7-10)8-11-3-2-4-13(9-11)15(17)18/h2-4,9-10,12,14,16H,5-8H2,1H3. The highest BCUT2D eigenvalue weighted by Crippen LogP contribution is 2.31. The number of rotatable bonds is 3. The third-order valence-electron chi connectivity index (χ3n) is 3.82. The summed E-state index contributed by atoms with van der Waals surface area (Å²) in [7, 11) is 0. The van der Waals surface area contributed by atoms with Crippen LogP contribution in [0.15, 0.2) is 24.3 Å². The zero-order chi connectivity index (χ0) is 13.1. The van der Waals surface area contributed by atoms with Crippen molar-refractivity contribution in [3.05, 3.63) is 39.9 Å². The minimum Gasteiger partial charge on any atom is -0.393 e. The van der Waals surface area contributed by atoms with Crippen LogP contribution >= 0.6 is 0 Å². The summed E-state index contributed by atoms with van der Waals surface area (Å²) in [6.45, 7) is 2.20. The summed E-state index contributed by atoms with van der Waals surface area (Å²) in [4.78, 5) is 10.3. The van der Waals surface area contributed by atoms with Gasteiger partial charge in [0.25, 0.3) is 5.69 Å². The number of hydrogen-bond acceptors (Lipinski definition) is 3. The summed E-state index contributed by atoms with van der Waals surface area (Å²) < 4.78 is 0. The van der Waals surface area contributed by atoms with E-state index in [2.05, 4.69) is 6.92 Å². The average Bonchev–Trinajstić information content (AvgIpc) is 2.34. The molecule has 4 nitrogen and oxygen atoms in total. The van der Waals surface area contributed by atoms with Gasteiger partial charge in [-0.1, -0.05) is 19.1 Å². The molecule has 1 aromatic carbocycles. The largest absolute Gasteiger partial charge is 0.393 e. The van der Waals surface area contributed by atoms with Crippen LogP contribution in [0, 0.1) is 22.0 Å². The van der Waals surface area contributed by atoms with Crippen LogP contribution in [0.1, 0.15) is 31.7 Å². The Morgan fingerprint density at radius 1 is 1.44 bits per heavy atom. The minimum atomic E-state index is -0.372. The fourth-order valence-corrected chi connectivity index (χ4v) is 2.80. The lowest BCUT2D eigenvalue weighted by atomic mass is 9.77. The zero-order valence-corrected chi connectivity index (χ0v) is 10.6. The molecule has 2 rings (SSSR count). The van der Waals surface area contributed by atoms with Gasteiger partial charge in [0.1, 0.15) is 0 Å². The molecule has 0 bridgehead atoms. The van der Waals surface area contributed by atoms with E-state index in [4.69, 9.17) is 0 Å². The molecule has 0 saturated heterocycles. The van der Waals surface area contributed by atoms with Crippen molar-refractivity contribution in [3.8, 4) is 0 Å². The Balaban J connectivity index is 2.08. The van der Waals surface area contributed by atoms with Crippen molar-refractivity contribution in [1.29, 1.82) is 0 Å². The van der Waals surface area contributed by atoms with E-state index >= 15 is 0 Å². The van der Waals surface area contributed by atoms with Crippen molar-refractivity contribution >= 4 is 5.69 Å². The summed E-state index contributed by atoms with van der Waals surface area (Å²) in [5, 5.41) is 20.7. The maximum Gasteiger partial charge on any atom is 0.269 e. The molecule has 1 N–H and O–H groups in total. The van der Waals surface area contributed by atoms with Gasteiger partial charge in [-0.25, -0.2) is 0 Å². The normalized spacial score (nSPS) is 28.0. The van der Waals surface area contributed by atoms with Crippen LogP contribution in [0.3, 0.4) is 0 Å². The van der Waals surface area contributed by atoms with Gasteiger partial charge in [-0.2, -0.15) is 0 Å². The van der Waals surface area contributed by atoms with Crippen LogP contribution in [-0.4, -0.2) is 16.1 Å². The lowest BCUT2D eigenvalue weighted by Gasteiger charge is -2.31. The van der Waals surface area contributed by atoms with E-state index in [1.807, 2.05) is 6.07 Å². The Hall–Kier alpha value is -1.42. The molecule has 0 spiro atoms. The molecule has 0 aromatic heterocycles. The Morgan fingerprint density at radius 3 is 2.94 bits per heavy atom. The predicted octanol–water partition coefficient (Wildman–Crippen LogP) is 2.93. The van der Waals surface area contributed by atoms with Gasteiger partial charge >= 0.3 is 0 Å². The Labute approximate surface area is 107 Å². The second-order valence-corrected chi connectivity index (χ2v) is 5.38. The second-order valence-electron chi connectivity index (χ2n) is 5.38. The first-order valence-corrected chi connectivity index (χ1v) is 6.47. The number of nitro benzene ring substituents is 1. The second kappa shape index (κ2) is 5.48. The number of nitro groups is 1. The highest BCUT2D eigenvalue weighted by atomic mass is 16.6. The molecule has 98 valence electrons. The summed E-state index contributed by atoms with van der Waals surface area (Å²) >= 11 is 0. The molecule has 3 atom stereocenters. The molecule has 1 aliphatic carbocycles. The van der Waals surface area contributed by atoms with E-state index in [1.165, 1.54) is 6.07 Å². The first-order valence-electron chi connectivity index (χ1n) is 6.47. The van der Waals surface area contributed by atoms with Crippen LogP contribution < -0.4 is 0 Å². The molecular weight excluding hydrogens is 230 g/mol. The number of aliphatic hydroxyl groups is 1. The first kappa shape index (κ1) is 13.0.